The number of hydrogen-bond donors (Lipinski definition) is 2. The zero-order valence-electron chi connectivity index (χ0n) is 16.2. The molecule has 2 aromatic carbocycles. The van der Waals surface area contributed by atoms with E-state index < -0.39 is 6.04 Å². The molecule has 0 bridgehead atoms. The highest BCUT2D eigenvalue weighted by molar-refractivity contribution is 7.99. The van der Waals surface area contributed by atoms with Crippen molar-refractivity contribution < 1.29 is 9.59 Å². The Balaban J connectivity index is 1.58. The lowest BCUT2D eigenvalue weighted by atomic mass is 10.2. The number of aromatic nitrogens is 3. The Morgan fingerprint density at radius 1 is 1.10 bits per heavy atom. The fourth-order valence-electron chi connectivity index (χ4n) is 2.67. The van der Waals surface area contributed by atoms with Crippen LogP contribution in [0.5, 0.6) is 0 Å². The van der Waals surface area contributed by atoms with E-state index in [2.05, 4.69) is 20.8 Å². The monoisotopic (exact) mass is 463 g/mol. The van der Waals surface area contributed by atoms with Crippen LogP contribution in [0.1, 0.15) is 29.1 Å². The molecule has 0 saturated carbocycles. The van der Waals surface area contributed by atoms with Gasteiger partial charge >= 0.3 is 0 Å². The van der Waals surface area contributed by atoms with Gasteiger partial charge < -0.3 is 15.2 Å². The van der Waals surface area contributed by atoms with Crippen molar-refractivity contribution in [3.8, 4) is 0 Å². The third-order valence-corrected chi connectivity index (χ3v) is 5.78. The van der Waals surface area contributed by atoms with Crippen molar-refractivity contribution in [1.82, 2.24) is 20.1 Å². The van der Waals surface area contributed by atoms with Gasteiger partial charge in [0, 0.05) is 17.8 Å². The predicted octanol–water partition coefficient (Wildman–Crippen LogP) is 4.34. The SMILES string of the molecule is C[C@@H](NC(=O)c1ccccc1Cl)c1nnc(SCC(=O)Nc2ccc(Cl)cc2)n1C. The summed E-state index contributed by atoms with van der Waals surface area (Å²) >= 11 is 13.2. The van der Waals surface area contributed by atoms with Crippen LogP contribution in [0.4, 0.5) is 5.69 Å². The second kappa shape index (κ2) is 9.97. The molecule has 7 nitrogen and oxygen atoms in total. The number of anilines is 1. The summed E-state index contributed by atoms with van der Waals surface area (Å²) in [6.07, 6.45) is 0. The van der Waals surface area contributed by atoms with Crippen LogP contribution in [0.15, 0.2) is 53.7 Å². The van der Waals surface area contributed by atoms with Gasteiger partial charge in [-0.2, -0.15) is 0 Å². The number of halogens is 2. The molecule has 0 saturated heterocycles. The molecule has 0 radical (unpaired) electrons. The summed E-state index contributed by atoms with van der Waals surface area (Å²) in [5.74, 6) is 0.255. The van der Waals surface area contributed by atoms with Crippen LogP contribution in [-0.2, 0) is 11.8 Å². The van der Waals surface area contributed by atoms with Crippen LogP contribution < -0.4 is 10.6 Å². The van der Waals surface area contributed by atoms with E-state index >= 15 is 0 Å². The Bertz CT molecular complexity index is 1060. The largest absolute Gasteiger partial charge is 0.342 e. The van der Waals surface area contributed by atoms with Gasteiger partial charge in [0.1, 0.15) is 0 Å². The van der Waals surface area contributed by atoms with Crippen LogP contribution in [0.2, 0.25) is 10.0 Å². The van der Waals surface area contributed by atoms with Crippen molar-refractivity contribution in [2.45, 2.75) is 18.1 Å². The van der Waals surface area contributed by atoms with Crippen molar-refractivity contribution in [1.29, 1.82) is 0 Å². The van der Waals surface area contributed by atoms with E-state index in [-0.39, 0.29) is 17.6 Å². The van der Waals surface area contributed by atoms with E-state index in [9.17, 15) is 9.59 Å². The average Bonchev–Trinajstić information content (AvgIpc) is 3.09. The minimum absolute atomic E-state index is 0.162. The molecule has 1 aromatic heterocycles. The summed E-state index contributed by atoms with van der Waals surface area (Å²) in [6.45, 7) is 1.81. The molecule has 10 heteroatoms. The number of nitrogens with zero attached hydrogens (tertiary/aromatic N) is 3. The molecule has 0 aliphatic rings. The predicted molar refractivity (Wildman–Crippen MR) is 119 cm³/mol. The normalized spacial score (nSPS) is 11.7. The highest BCUT2D eigenvalue weighted by Crippen LogP contribution is 2.21. The molecule has 1 atom stereocenters. The number of thioether (sulfide) groups is 1. The number of benzene rings is 2. The van der Waals surface area contributed by atoms with Gasteiger partial charge in [-0.15, -0.1) is 10.2 Å². The molecule has 0 aliphatic heterocycles. The Morgan fingerprint density at radius 2 is 1.80 bits per heavy atom. The zero-order valence-corrected chi connectivity index (χ0v) is 18.6. The smallest absolute Gasteiger partial charge is 0.253 e. The first kappa shape index (κ1) is 22.1. The third kappa shape index (κ3) is 5.53. The minimum Gasteiger partial charge on any atom is -0.342 e. The number of nitrogens with one attached hydrogen (secondary N) is 2. The van der Waals surface area contributed by atoms with Gasteiger partial charge in [-0.3, -0.25) is 9.59 Å². The van der Waals surface area contributed by atoms with E-state index in [1.807, 2.05) is 0 Å². The van der Waals surface area contributed by atoms with E-state index in [1.165, 1.54) is 11.8 Å². The third-order valence-electron chi connectivity index (χ3n) is 4.18. The van der Waals surface area contributed by atoms with Crippen molar-refractivity contribution >= 4 is 52.5 Å². The second-order valence-electron chi connectivity index (χ2n) is 6.42. The van der Waals surface area contributed by atoms with Gasteiger partial charge in [0.2, 0.25) is 5.91 Å². The lowest BCUT2D eigenvalue weighted by Crippen LogP contribution is -2.28. The van der Waals surface area contributed by atoms with Crippen LogP contribution >= 0.6 is 35.0 Å². The first-order valence-corrected chi connectivity index (χ1v) is 10.7. The Labute approximate surface area is 188 Å². The maximum Gasteiger partial charge on any atom is 0.253 e. The van der Waals surface area contributed by atoms with E-state index in [0.29, 0.717) is 32.3 Å². The molecule has 2 N–H and O–H groups in total. The van der Waals surface area contributed by atoms with Crippen molar-refractivity contribution in [3.05, 3.63) is 70.0 Å². The number of carbonyl (C=O) groups excluding carboxylic acids is 2. The lowest BCUT2D eigenvalue weighted by Gasteiger charge is -2.14. The van der Waals surface area contributed by atoms with Gasteiger partial charge in [-0.25, -0.2) is 0 Å². The number of hydrogen-bond acceptors (Lipinski definition) is 5. The molecular weight excluding hydrogens is 445 g/mol. The minimum atomic E-state index is -0.400. The molecule has 0 aliphatic carbocycles. The summed E-state index contributed by atoms with van der Waals surface area (Å²) in [4.78, 5) is 24.6. The van der Waals surface area contributed by atoms with Crippen LogP contribution in [0.25, 0.3) is 0 Å². The van der Waals surface area contributed by atoms with Gasteiger partial charge in [-0.1, -0.05) is 47.1 Å². The van der Waals surface area contributed by atoms with E-state index in [4.69, 9.17) is 23.2 Å². The first-order valence-electron chi connectivity index (χ1n) is 8.98. The van der Waals surface area contributed by atoms with Crippen molar-refractivity contribution in [3.63, 3.8) is 0 Å². The topological polar surface area (TPSA) is 88.9 Å². The summed E-state index contributed by atoms with van der Waals surface area (Å²) in [5, 5.41) is 15.5. The molecule has 30 heavy (non-hydrogen) atoms. The molecule has 156 valence electrons. The summed E-state index contributed by atoms with van der Waals surface area (Å²) in [5.41, 5.74) is 1.06. The molecule has 0 spiro atoms. The maximum atomic E-state index is 12.5. The van der Waals surface area contributed by atoms with Gasteiger partial charge in [0.25, 0.3) is 5.91 Å². The van der Waals surface area contributed by atoms with Crippen LogP contribution in [0, 0.1) is 0 Å². The highest BCUT2D eigenvalue weighted by atomic mass is 35.5. The molecule has 0 fully saturated rings. The van der Waals surface area contributed by atoms with Crippen LogP contribution in [0.3, 0.4) is 0 Å². The zero-order chi connectivity index (χ0) is 21.7. The standard InChI is InChI=1S/C20H19Cl2N5O2S/c1-12(23-19(29)15-5-3-4-6-16(15)22)18-25-26-20(27(18)2)30-11-17(28)24-14-9-7-13(21)8-10-14/h3-10,12H,11H2,1-2H3,(H,23,29)(H,24,28)/t12-/m1/s1. The molecule has 1 heterocycles. The highest BCUT2D eigenvalue weighted by Gasteiger charge is 2.20. The fourth-order valence-corrected chi connectivity index (χ4v) is 3.74. The van der Waals surface area contributed by atoms with Gasteiger partial charge in [-0.05, 0) is 43.3 Å². The van der Waals surface area contributed by atoms with Crippen molar-refractivity contribution in [2.75, 3.05) is 11.1 Å². The molecule has 0 unspecified atom stereocenters. The first-order chi connectivity index (χ1) is 14.3. The number of amides is 2. The van der Waals surface area contributed by atoms with Crippen LogP contribution in [-0.4, -0.2) is 32.3 Å². The average molecular weight is 464 g/mol. The molecular formula is C20H19Cl2N5O2S. The van der Waals surface area contributed by atoms with Gasteiger partial charge in [0.15, 0.2) is 11.0 Å². The molecule has 3 rings (SSSR count). The molecule has 2 amide bonds. The summed E-state index contributed by atoms with van der Waals surface area (Å²) < 4.78 is 1.75. The maximum absolute atomic E-state index is 12.5. The summed E-state index contributed by atoms with van der Waals surface area (Å²) in [6, 6.07) is 13.3. The van der Waals surface area contributed by atoms with Crippen molar-refractivity contribution in [2.24, 2.45) is 7.05 Å². The number of rotatable bonds is 7. The second-order valence-corrected chi connectivity index (χ2v) is 8.20. The van der Waals surface area contributed by atoms with Gasteiger partial charge in [0.05, 0.1) is 22.4 Å². The van der Waals surface area contributed by atoms with E-state index in [0.717, 1.165) is 0 Å². The molecule has 3 aromatic rings. The Kier molecular flexibility index (Phi) is 7.36. The number of carbonyl (C=O) groups is 2. The summed E-state index contributed by atoms with van der Waals surface area (Å²) in [7, 11) is 1.78. The fraction of sp³-hybridized carbons (Fsp3) is 0.200. The lowest BCUT2D eigenvalue weighted by molar-refractivity contribution is -0.113. The van der Waals surface area contributed by atoms with E-state index in [1.54, 1.807) is 67.1 Å². The quantitative estimate of drug-likeness (QED) is 0.508. The Hall–Kier alpha value is -2.55. The Morgan fingerprint density at radius 3 is 2.50 bits per heavy atom.